The van der Waals surface area contributed by atoms with E-state index in [-0.39, 0.29) is 5.56 Å². The van der Waals surface area contributed by atoms with Crippen LogP contribution < -0.4 is 26.3 Å². The van der Waals surface area contributed by atoms with E-state index in [9.17, 15) is 8.78 Å². The summed E-state index contributed by atoms with van der Waals surface area (Å²) in [6.45, 7) is 6.98. The van der Waals surface area contributed by atoms with Crippen molar-refractivity contribution in [2.45, 2.75) is 51.1 Å². The van der Waals surface area contributed by atoms with E-state index in [0.717, 1.165) is 87.5 Å². The summed E-state index contributed by atoms with van der Waals surface area (Å²) in [7, 11) is 5.59. The molecule has 0 amide bonds. The number of aryl methyl sites for hydroxylation is 1. The summed E-state index contributed by atoms with van der Waals surface area (Å²) >= 11 is 0. The molecule has 0 atom stereocenters. The molecule has 3 aliphatic heterocycles. The highest BCUT2D eigenvalue weighted by Crippen LogP contribution is 2.42. The molecule has 1 aromatic carbocycles. The molecule has 39 heavy (non-hydrogen) atoms. The Kier molecular flexibility index (Phi) is 10.1. The van der Waals surface area contributed by atoms with E-state index in [0.29, 0.717) is 18.2 Å². The number of nitrogens with zero attached hydrogens (tertiary/aromatic N) is 4. The van der Waals surface area contributed by atoms with Crippen molar-refractivity contribution < 1.29 is 13.6 Å². The van der Waals surface area contributed by atoms with Gasteiger partial charge in [-0.15, -0.1) is 0 Å². The minimum atomic E-state index is -2.57. The Balaban J connectivity index is 0.00000172. The first-order valence-electron chi connectivity index (χ1n) is 13.8. The third-order valence-electron chi connectivity index (χ3n) is 7.93. The molecule has 2 aromatic rings. The molecule has 0 bridgehead atoms. The Morgan fingerprint density at radius 3 is 2.62 bits per heavy atom. The monoisotopic (exact) mass is 544 g/mol. The summed E-state index contributed by atoms with van der Waals surface area (Å²) < 4.78 is 31.2. The van der Waals surface area contributed by atoms with E-state index in [2.05, 4.69) is 36.0 Å². The van der Waals surface area contributed by atoms with Crippen LogP contribution in [0.5, 0.6) is 0 Å². The zero-order valence-electron chi connectivity index (χ0n) is 23.3. The first-order chi connectivity index (χ1) is 19.0. The lowest BCUT2D eigenvalue weighted by Gasteiger charge is -2.33. The van der Waals surface area contributed by atoms with Crippen molar-refractivity contribution in [3.8, 4) is 0 Å². The molecular formula is C28H42F2N8O. The standard InChI is InChI=1S/C27H40F2N8.CH2O/c1-30-15-19(16-31-2)21-13-18-5-4-11-36(25(18)14-22(21)26(28)29)27-23-17-35(32-3)12-8-24(23)37(34-27)20-6-9-33-10-7-20;1-2/h13-15,20,26,30-33H,4-12,16-17H2,1-3H3;1H2/b19-15+;. The minimum Gasteiger partial charge on any atom is -0.394 e. The van der Waals surface area contributed by atoms with E-state index in [1.807, 2.05) is 33.2 Å². The number of alkyl halides is 2. The third-order valence-corrected chi connectivity index (χ3v) is 7.93. The normalized spacial score (nSPS) is 18.4. The molecule has 1 aromatic heterocycles. The maximum Gasteiger partial charge on any atom is 0.264 e. The van der Waals surface area contributed by atoms with E-state index in [1.54, 1.807) is 13.1 Å². The van der Waals surface area contributed by atoms with Crippen LogP contribution in [-0.2, 0) is 24.2 Å². The number of benzene rings is 1. The average Bonchev–Trinajstić information content (AvgIpc) is 3.36. The SMILES string of the molecule is C=O.CN/C=C(\CNC)c1cc2c(cc1C(F)F)N(c1nn(C3CCNCC3)c3c1CN(NC)CC3)CCC2. The Morgan fingerprint density at radius 1 is 1.18 bits per heavy atom. The number of carbonyl (C=O) groups is 1. The van der Waals surface area contributed by atoms with Gasteiger partial charge in [0.2, 0.25) is 0 Å². The molecule has 0 saturated carbocycles. The number of hydrazine groups is 1. The Morgan fingerprint density at radius 2 is 1.95 bits per heavy atom. The maximum atomic E-state index is 14.5. The minimum absolute atomic E-state index is 0.0749. The topological polar surface area (TPSA) is 89.5 Å². The zero-order chi connectivity index (χ0) is 27.9. The number of carbonyl (C=O) groups excluding carboxylic acids is 1. The Labute approximate surface area is 230 Å². The van der Waals surface area contributed by atoms with Crippen LogP contribution in [0.1, 0.15) is 59.7 Å². The Hall–Kier alpha value is -2.86. The van der Waals surface area contributed by atoms with Gasteiger partial charge in [0.1, 0.15) is 6.79 Å². The number of halogens is 2. The molecule has 214 valence electrons. The van der Waals surface area contributed by atoms with Crippen molar-refractivity contribution in [1.29, 1.82) is 0 Å². The summed E-state index contributed by atoms with van der Waals surface area (Å²) in [5.41, 5.74) is 9.33. The van der Waals surface area contributed by atoms with Gasteiger partial charge in [-0.05, 0) is 81.7 Å². The molecule has 3 aliphatic rings. The molecular weight excluding hydrogens is 502 g/mol. The van der Waals surface area contributed by atoms with Crippen LogP contribution in [0.2, 0.25) is 0 Å². The van der Waals surface area contributed by atoms with Crippen LogP contribution in [0.4, 0.5) is 20.3 Å². The lowest BCUT2D eigenvalue weighted by atomic mass is 9.91. The van der Waals surface area contributed by atoms with Gasteiger partial charge in [-0.1, -0.05) is 0 Å². The van der Waals surface area contributed by atoms with Gasteiger partial charge in [-0.25, -0.2) is 13.8 Å². The number of nitrogens with one attached hydrogen (secondary N) is 4. The molecule has 1 saturated heterocycles. The number of likely N-dealkylation sites (N-methyl/N-ethyl adjacent to an activating group) is 1. The number of aromatic nitrogens is 2. The van der Waals surface area contributed by atoms with Gasteiger partial charge in [-0.3, -0.25) is 10.1 Å². The molecule has 5 rings (SSSR count). The Bertz CT molecular complexity index is 1150. The third kappa shape index (κ3) is 6.01. The maximum absolute atomic E-state index is 14.5. The van der Waals surface area contributed by atoms with Crippen LogP contribution in [-0.4, -0.2) is 75.4 Å². The molecule has 4 N–H and O–H groups in total. The molecule has 11 heteroatoms. The quantitative estimate of drug-likeness (QED) is 0.404. The van der Waals surface area contributed by atoms with Crippen LogP contribution in [0.3, 0.4) is 0 Å². The van der Waals surface area contributed by atoms with Gasteiger partial charge >= 0.3 is 0 Å². The molecule has 0 aliphatic carbocycles. The number of anilines is 2. The summed E-state index contributed by atoms with van der Waals surface area (Å²) in [6, 6.07) is 4.09. The van der Waals surface area contributed by atoms with E-state index in [4.69, 9.17) is 9.89 Å². The molecule has 9 nitrogen and oxygen atoms in total. The number of fused-ring (bicyclic) bond motifs is 2. The zero-order valence-corrected chi connectivity index (χ0v) is 23.3. The predicted molar refractivity (Wildman–Crippen MR) is 151 cm³/mol. The first-order valence-corrected chi connectivity index (χ1v) is 13.8. The number of piperidine rings is 1. The molecule has 0 radical (unpaired) electrons. The van der Waals surface area contributed by atoms with Gasteiger partial charge in [0.25, 0.3) is 6.43 Å². The number of rotatable bonds is 8. The van der Waals surface area contributed by atoms with Crippen molar-refractivity contribution in [2.75, 3.05) is 58.8 Å². The fourth-order valence-electron chi connectivity index (χ4n) is 6.11. The molecule has 4 heterocycles. The lowest BCUT2D eigenvalue weighted by Crippen LogP contribution is -2.40. The van der Waals surface area contributed by atoms with Gasteiger partial charge in [0.05, 0.1) is 6.04 Å². The second-order valence-corrected chi connectivity index (χ2v) is 10.2. The summed E-state index contributed by atoms with van der Waals surface area (Å²) in [5, 5.41) is 17.1. The second-order valence-electron chi connectivity index (χ2n) is 10.2. The largest absolute Gasteiger partial charge is 0.394 e. The predicted octanol–water partition coefficient (Wildman–Crippen LogP) is 2.92. The van der Waals surface area contributed by atoms with E-state index < -0.39 is 6.43 Å². The van der Waals surface area contributed by atoms with Gasteiger partial charge < -0.3 is 25.6 Å². The highest BCUT2D eigenvalue weighted by atomic mass is 19.3. The van der Waals surface area contributed by atoms with Crippen molar-refractivity contribution in [3.63, 3.8) is 0 Å². The van der Waals surface area contributed by atoms with Crippen molar-refractivity contribution in [2.24, 2.45) is 0 Å². The number of hydrogen-bond acceptors (Lipinski definition) is 8. The second kappa shape index (κ2) is 13.5. The fraction of sp³-hybridized carbons (Fsp3) is 0.571. The van der Waals surface area contributed by atoms with Crippen LogP contribution >= 0.6 is 0 Å². The van der Waals surface area contributed by atoms with Crippen LogP contribution in [0, 0.1) is 0 Å². The highest BCUT2D eigenvalue weighted by molar-refractivity contribution is 5.77. The lowest BCUT2D eigenvalue weighted by molar-refractivity contribution is -0.0980. The van der Waals surface area contributed by atoms with Crippen molar-refractivity contribution in [1.82, 2.24) is 36.2 Å². The first kappa shape index (κ1) is 29.1. The van der Waals surface area contributed by atoms with Gasteiger partial charge in [0.15, 0.2) is 5.82 Å². The summed E-state index contributed by atoms with van der Waals surface area (Å²) in [6.07, 6.45) is 4.12. The highest BCUT2D eigenvalue weighted by Gasteiger charge is 2.33. The van der Waals surface area contributed by atoms with Gasteiger partial charge in [0, 0.05) is 68.4 Å². The van der Waals surface area contributed by atoms with E-state index in [1.165, 1.54) is 11.3 Å². The molecule has 0 spiro atoms. The van der Waals surface area contributed by atoms with Crippen LogP contribution in [0.15, 0.2) is 18.3 Å². The van der Waals surface area contributed by atoms with E-state index >= 15 is 0 Å². The smallest absolute Gasteiger partial charge is 0.264 e. The summed E-state index contributed by atoms with van der Waals surface area (Å²) in [4.78, 5) is 10.2. The fourth-order valence-corrected chi connectivity index (χ4v) is 6.11. The molecule has 1 fully saturated rings. The molecule has 0 unspecified atom stereocenters. The summed E-state index contributed by atoms with van der Waals surface area (Å²) in [5.74, 6) is 0.934. The van der Waals surface area contributed by atoms with Crippen molar-refractivity contribution in [3.05, 3.63) is 46.3 Å². The van der Waals surface area contributed by atoms with Crippen LogP contribution in [0.25, 0.3) is 5.57 Å². The van der Waals surface area contributed by atoms with Gasteiger partial charge in [-0.2, -0.15) is 5.10 Å². The van der Waals surface area contributed by atoms with Crippen molar-refractivity contribution >= 4 is 23.9 Å². The number of hydrogen-bond donors (Lipinski definition) is 4. The average molecular weight is 545 g/mol.